The highest BCUT2D eigenvalue weighted by molar-refractivity contribution is 6.30. The number of amidine groups is 1. The SMILES string of the molecule is Cc1cc(O)c(C(C)C)cc1N1C(=Cc2ccc(Cl)cc2)C(=O)N=C1c1ccccc1. The Hall–Kier alpha value is -3.37. The topological polar surface area (TPSA) is 52.9 Å². The fraction of sp³-hybridized carbons (Fsp3) is 0.154. The quantitative estimate of drug-likeness (QED) is 0.493. The van der Waals surface area contributed by atoms with Gasteiger partial charge in [0.05, 0.1) is 5.69 Å². The van der Waals surface area contributed by atoms with E-state index in [1.54, 1.807) is 18.2 Å². The van der Waals surface area contributed by atoms with E-state index in [4.69, 9.17) is 11.6 Å². The summed E-state index contributed by atoms with van der Waals surface area (Å²) in [7, 11) is 0. The second kappa shape index (κ2) is 8.40. The summed E-state index contributed by atoms with van der Waals surface area (Å²) in [5.41, 5.74) is 4.62. The number of halogens is 1. The molecule has 1 aliphatic heterocycles. The van der Waals surface area contributed by atoms with Crippen LogP contribution in [0.1, 0.15) is 42.0 Å². The molecule has 4 rings (SSSR count). The van der Waals surface area contributed by atoms with Crippen LogP contribution in [0.25, 0.3) is 6.08 Å². The van der Waals surface area contributed by atoms with Crippen molar-refractivity contribution < 1.29 is 9.90 Å². The number of aromatic hydroxyl groups is 1. The summed E-state index contributed by atoms with van der Waals surface area (Å²) >= 11 is 6.02. The molecule has 0 spiro atoms. The number of carbonyl (C=O) groups excluding carboxylic acids is 1. The molecule has 0 radical (unpaired) electrons. The molecule has 0 unspecified atom stereocenters. The largest absolute Gasteiger partial charge is 0.508 e. The van der Waals surface area contributed by atoms with Crippen LogP contribution in [-0.4, -0.2) is 16.8 Å². The van der Waals surface area contributed by atoms with E-state index in [0.29, 0.717) is 16.6 Å². The molecule has 3 aromatic rings. The first-order valence-electron chi connectivity index (χ1n) is 10.1. The number of amides is 1. The average Bonchev–Trinajstić information content (AvgIpc) is 3.06. The van der Waals surface area contributed by atoms with Crippen molar-refractivity contribution in [3.63, 3.8) is 0 Å². The number of aliphatic imine (C=N–C) groups is 1. The molecule has 0 aromatic heterocycles. The summed E-state index contributed by atoms with van der Waals surface area (Å²) in [6, 6.07) is 20.6. The minimum atomic E-state index is -0.313. The summed E-state index contributed by atoms with van der Waals surface area (Å²) in [4.78, 5) is 19.3. The van der Waals surface area contributed by atoms with Gasteiger partial charge in [0.15, 0.2) is 0 Å². The molecule has 0 atom stereocenters. The standard InChI is InChI=1S/C26H23ClN2O2/c1-16(2)21-15-22(17(3)13-24(21)30)29-23(14-18-9-11-20(27)12-10-18)26(31)28-25(29)19-7-5-4-6-8-19/h4-16,30H,1-3H3. The lowest BCUT2D eigenvalue weighted by Crippen LogP contribution is -2.28. The highest BCUT2D eigenvalue weighted by Crippen LogP contribution is 2.37. The first kappa shape index (κ1) is 20.9. The maximum atomic E-state index is 13.0. The molecule has 156 valence electrons. The lowest BCUT2D eigenvalue weighted by atomic mass is 9.98. The maximum absolute atomic E-state index is 13.0. The summed E-state index contributed by atoms with van der Waals surface area (Å²) in [6.07, 6.45) is 1.82. The highest BCUT2D eigenvalue weighted by Gasteiger charge is 2.33. The van der Waals surface area contributed by atoms with Crippen molar-refractivity contribution in [2.24, 2.45) is 4.99 Å². The Morgan fingerprint density at radius 3 is 2.35 bits per heavy atom. The summed E-state index contributed by atoms with van der Waals surface area (Å²) in [5, 5.41) is 11.1. The number of benzene rings is 3. The van der Waals surface area contributed by atoms with Gasteiger partial charge in [0.2, 0.25) is 0 Å². The number of aryl methyl sites for hydroxylation is 1. The van der Waals surface area contributed by atoms with Gasteiger partial charge in [0, 0.05) is 10.6 Å². The fourth-order valence-electron chi connectivity index (χ4n) is 3.68. The van der Waals surface area contributed by atoms with Crippen LogP contribution in [0, 0.1) is 6.92 Å². The van der Waals surface area contributed by atoms with Crippen molar-refractivity contribution >= 4 is 35.1 Å². The van der Waals surface area contributed by atoms with Gasteiger partial charge >= 0.3 is 0 Å². The van der Waals surface area contributed by atoms with Crippen molar-refractivity contribution in [3.8, 4) is 5.75 Å². The van der Waals surface area contributed by atoms with Gasteiger partial charge in [-0.15, -0.1) is 0 Å². The molecule has 5 heteroatoms. The third-order valence-electron chi connectivity index (χ3n) is 5.29. The number of rotatable bonds is 4. The molecule has 1 amide bonds. The van der Waals surface area contributed by atoms with Crippen LogP contribution < -0.4 is 4.90 Å². The third kappa shape index (κ3) is 4.12. The smallest absolute Gasteiger partial charge is 0.296 e. The van der Waals surface area contributed by atoms with Crippen molar-refractivity contribution in [3.05, 3.63) is 99.7 Å². The Morgan fingerprint density at radius 2 is 1.71 bits per heavy atom. The van der Waals surface area contributed by atoms with Gasteiger partial charge in [0.1, 0.15) is 17.3 Å². The minimum absolute atomic E-state index is 0.124. The molecule has 0 saturated heterocycles. The van der Waals surface area contributed by atoms with Gasteiger partial charge in [-0.3, -0.25) is 9.69 Å². The molecule has 1 aliphatic rings. The van der Waals surface area contributed by atoms with Gasteiger partial charge in [-0.25, -0.2) is 0 Å². The average molecular weight is 431 g/mol. The van der Waals surface area contributed by atoms with Crippen LogP contribution in [0.4, 0.5) is 5.69 Å². The molecule has 31 heavy (non-hydrogen) atoms. The molecular weight excluding hydrogens is 408 g/mol. The van der Waals surface area contributed by atoms with Gasteiger partial charge in [0.25, 0.3) is 5.91 Å². The van der Waals surface area contributed by atoms with Crippen molar-refractivity contribution in [2.75, 3.05) is 4.90 Å². The van der Waals surface area contributed by atoms with E-state index in [-0.39, 0.29) is 17.6 Å². The zero-order valence-electron chi connectivity index (χ0n) is 17.6. The molecule has 1 heterocycles. The molecule has 0 bridgehead atoms. The fourth-order valence-corrected chi connectivity index (χ4v) is 3.81. The highest BCUT2D eigenvalue weighted by atomic mass is 35.5. The lowest BCUT2D eigenvalue weighted by Gasteiger charge is -2.25. The molecule has 3 aromatic carbocycles. The Kier molecular flexibility index (Phi) is 5.66. The van der Waals surface area contributed by atoms with Gasteiger partial charge in [-0.2, -0.15) is 4.99 Å². The Labute approximate surface area is 187 Å². The van der Waals surface area contributed by atoms with Crippen LogP contribution in [-0.2, 0) is 4.79 Å². The number of hydrogen-bond donors (Lipinski definition) is 1. The van der Waals surface area contributed by atoms with Crippen LogP contribution in [0.15, 0.2) is 77.4 Å². The molecule has 4 nitrogen and oxygen atoms in total. The second-order valence-corrected chi connectivity index (χ2v) is 8.31. The molecular formula is C26H23ClN2O2. The maximum Gasteiger partial charge on any atom is 0.296 e. The number of anilines is 1. The monoisotopic (exact) mass is 430 g/mol. The Bertz CT molecular complexity index is 1200. The summed E-state index contributed by atoms with van der Waals surface area (Å²) in [5.74, 6) is 0.628. The van der Waals surface area contributed by atoms with Gasteiger partial charge in [-0.05, 0) is 59.9 Å². The van der Waals surface area contributed by atoms with Gasteiger partial charge < -0.3 is 5.11 Å². The van der Waals surface area contributed by atoms with E-state index in [9.17, 15) is 9.90 Å². The third-order valence-corrected chi connectivity index (χ3v) is 5.54. The predicted octanol–water partition coefficient (Wildman–Crippen LogP) is 6.31. The van der Waals surface area contributed by atoms with Gasteiger partial charge in [-0.1, -0.05) is 67.9 Å². The van der Waals surface area contributed by atoms with E-state index in [1.165, 1.54) is 0 Å². The van der Waals surface area contributed by atoms with E-state index >= 15 is 0 Å². The molecule has 0 fully saturated rings. The number of phenols is 1. The van der Waals surface area contributed by atoms with Crippen molar-refractivity contribution in [1.82, 2.24) is 0 Å². The van der Waals surface area contributed by atoms with E-state index < -0.39 is 0 Å². The Morgan fingerprint density at radius 1 is 1.03 bits per heavy atom. The number of nitrogens with zero attached hydrogens (tertiary/aromatic N) is 2. The zero-order valence-corrected chi connectivity index (χ0v) is 18.4. The lowest BCUT2D eigenvalue weighted by molar-refractivity contribution is -0.113. The van der Waals surface area contributed by atoms with E-state index in [0.717, 1.165) is 27.9 Å². The normalized spacial score (nSPS) is 15.1. The van der Waals surface area contributed by atoms with Crippen LogP contribution in [0.3, 0.4) is 0 Å². The minimum Gasteiger partial charge on any atom is -0.508 e. The number of carbonyl (C=O) groups is 1. The van der Waals surface area contributed by atoms with E-state index in [2.05, 4.69) is 4.99 Å². The number of phenolic OH excluding ortho intramolecular Hbond substituents is 1. The Balaban J connectivity index is 1.92. The van der Waals surface area contributed by atoms with Crippen molar-refractivity contribution in [2.45, 2.75) is 26.7 Å². The van der Waals surface area contributed by atoms with Crippen LogP contribution >= 0.6 is 11.6 Å². The zero-order chi connectivity index (χ0) is 22.1. The molecule has 0 aliphatic carbocycles. The van der Waals surface area contributed by atoms with Crippen LogP contribution in [0.5, 0.6) is 5.75 Å². The summed E-state index contributed by atoms with van der Waals surface area (Å²) < 4.78 is 0. The predicted molar refractivity (Wildman–Crippen MR) is 127 cm³/mol. The van der Waals surface area contributed by atoms with E-state index in [1.807, 2.05) is 80.3 Å². The van der Waals surface area contributed by atoms with Crippen LogP contribution in [0.2, 0.25) is 5.02 Å². The van der Waals surface area contributed by atoms with Crippen molar-refractivity contribution in [1.29, 1.82) is 0 Å². The summed E-state index contributed by atoms with van der Waals surface area (Å²) in [6.45, 7) is 5.98. The first-order valence-corrected chi connectivity index (χ1v) is 10.5. The first-order chi connectivity index (χ1) is 14.8. The second-order valence-electron chi connectivity index (χ2n) is 7.88. The number of hydrogen-bond acceptors (Lipinski definition) is 3. The molecule has 0 saturated carbocycles. The molecule has 1 N–H and O–H groups in total.